The zero-order valence-corrected chi connectivity index (χ0v) is 21.4. The molecule has 0 heterocycles. The second-order valence-corrected chi connectivity index (χ2v) is 9.54. The fraction of sp³-hybridized carbons (Fsp3) is 1.00. The van der Waals surface area contributed by atoms with Gasteiger partial charge in [-0.3, -0.25) is 14.7 Å². The van der Waals surface area contributed by atoms with Gasteiger partial charge >= 0.3 is 10.4 Å². The summed E-state index contributed by atoms with van der Waals surface area (Å²) in [6.45, 7) is 11.3. The molecule has 1 atom stereocenters. The average molecular weight is 458 g/mol. The van der Waals surface area contributed by atoms with E-state index in [9.17, 15) is 8.42 Å². The standard InChI is InChI=1S/C19H44N3O5PS/c1-8-12-15-20(5)19(21(6)16-13-9-2,22(7)17-14-10-3)18-25-28-27-29(23,24)26-11-4/h28H,8-18H2,1-7H3. The van der Waals surface area contributed by atoms with Crippen LogP contribution in [0.25, 0.3) is 0 Å². The van der Waals surface area contributed by atoms with Crippen LogP contribution in [0.15, 0.2) is 0 Å². The Bertz CT molecular complexity index is 474. The van der Waals surface area contributed by atoms with Crippen molar-refractivity contribution in [3.05, 3.63) is 0 Å². The van der Waals surface area contributed by atoms with E-state index in [4.69, 9.17) is 8.49 Å². The van der Waals surface area contributed by atoms with Crippen LogP contribution in [0.1, 0.15) is 66.2 Å². The Kier molecular flexibility index (Phi) is 15.9. The van der Waals surface area contributed by atoms with Gasteiger partial charge in [-0.1, -0.05) is 40.0 Å². The van der Waals surface area contributed by atoms with Crippen molar-refractivity contribution in [1.29, 1.82) is 0 Å². The maximum atomic E-state index is 11.6. The molecule has 0 rings (SSSR count). The summed E-state index contributed by atoms with van der Waals surface area (Å²) in [7, 11) is 1.70. The van der Waals surface area contributed by atoms with Crippen molar-refractivity contribution in [2.45, 2.75) is 72.0 Å². The molecule has 0 aliphatic heterocycles. The Morgan fingerprint density at radius 3 is 1.55 bits per heavy atom. The largest absolute Gasteiger partial charge is 0.404 e. The minimum Gasteiger partial charge on any atom is -0.331 e. The van der Waals surface area contributed by atoms with E-state index in [1.807, 2.05) is 0 Å². The maximum absolute atomic E-state index is 11.6. The molecule has 0 saturated heterocycles. The van der Waals surface area contributed by atoms with Crippen molar-refractivity contribution in [2.24, 2.45) is 0 Å². The second-order valence-electron chi connectivity index (χ2n) is 7.37. The quantitative estimate of drug-likeness (QED) is 0.165. The molecule has 0 aliphatic carbocycles. The van der Waals surface area contributed by atoms with Crippen LogP contribution in [0.4, 0.5) is 0 Å². The fourth-order valence-electron chi connectivity index (χ4n) is 3.29. The summed E-state index contributed by atoms with van der Waals surface area (Å²) in [5.74, 6) is -0.481. The van der Waals surface area contributed by atoms with Gasteiger partial charge in [-0.2, -0.15) is 12.4 Å². The van der Waals surface area contributed by atoms with Gasteiger partial charge < -0.3 is 4.52 Å². The van der Waals surface area contributed by atoms with Gasteiger partial charge in [0.25, 0.3) is 0 Å². The first-order valence-electron chi connectivity index (χ1n) is 10.8. The summed E-state index contributed by atoms with van der Waals surface area (Å²) in [4.78, 5) is 6.97. The second kappa shape index (κ2) is 15.9. The highest BCUT2D eigenvalue weighted by molar-refractivity contribution is 7.84. The Balaban J connectivity index is 5.50. The number of rotatable bonds is 19. The van der Waals surface area contributed by atoms with Crippen LogP contribution in [0, 0.1) is 0 Å². The first kappa shape index (κ1) is 29.1. The first-order chi connectivity index (χ1) is 13.7. The van der Waals surface area contributed by atoms with Gasteiger partial charge in [0.2, 0.25) is 0 Å². The molecule has 10 heteroatoms. The van der Waals surface area contributed by atoms with E-state index < -0.39 is 25.2 Å². The van der Waals surface area contributed by atoms with Crippen LogP contribution in [-0.4, -0.2) is 82.9 Å². The lowest BCUT2D eigenvalue weighted by molar-refractivity contribution is -0.162. The average Bonchev–Trinajstić information content (AvgIpc) is 2.68. The van der Waals surface area contributed by atoms with Crippen molar-refractivity contribution in [3.8, 4) is 0 Å². The van der Waals surface area contributed by atoms with Gasteiger partial charge in [0.1, 0.15) is 0 Å². The van der Waals surface area contributed by atoms with E-state index in [2.05, 4.69) is 60.8 Å². The summed E-state index contributed by atoms with van der Waals surface area (Å²) in [5, 5.41) is 0. The smallest absolute Gasteiger partial charge is 0.331 e. The molecule has 176 valence electrons. The van der Waals surface area contributed by atoms with Crippen molar-refractivity contribution in [2.75, 3.05) is 54.0 Å². The van der Waals surface area contributed by atoms with Crippen LogP contribution >= 0.6 is 9.03 Å². The fourth-order valence-corrected chi connectivity index (χ4v) is 4.55. The SMILES string of the molecule is CCCCN(C)C(COPOS(=O)(=O)OCC)(N(C)CCCC)N(C)CCCC. The number of hydrogen-bond acceptors (Lipinski definition) is 8. The maximum Gasteiger partial charge on any atom is 0.404 e. The molecular formula is C19H44N3O5PS. The van der Waals surface area contributed by atoms with Gasteiger partial charge in [-0.15, -0.1) is 0 Å². The topological polar surface area (TPSA) is 71.5 Å². The number of unbranched alkanes of at least 4 members (excludes halogenated alkanes) is 3. The van der Waals surface area contributed by atoms with Crippen LogP contribution in [-0.2, 0) is 23.1 Å². The minimum absolute atomic E-state index is 0.0377. The lowest BCUT2D eigenvalue weighted by Crippen LogP contribution is -2.69. The molecule has 8 nitrogen and oxygen atoms in total. The molecule has 0 aromatic carbocycles. The Morgan fingerprint density at radius 1 is 0.793 bits per heavy atom. The van der Waals surface area contributed by atoms with Gasteiger partial charge in [0.15, 0.2) is 14.8 Å². The monoisotopic (exact) mass is 457 g/mol. The normalized spacial score (nSPS) is 13.6. The molecule has 1 unspecified atom stereocenters. The lowest BCUT2D eigenvalue weighted by Gasteiger charge is -2.53. The number of nitrogens with zero attached hydrogens (tertiary/aromatic N) is 3. The molecule has 0 aromatic heterocycles. The Hall–Kier alpha value is 0.140. The predicted octanol–water partition coefficient (Wildman–Crippen LogP) is 3.66. The van der Waals surface area contributed by atoms with Crippen LogP contribution in [0.3, 0.4) is 0 Å². The van der Waals surface area contributed by atoms with Gasteiger partial charge in [-0.05, 0) is 47.3 Å². The van der Waals surface area contributed by atoms with Crippen LogP contribution in [0.2, 0.25) is 0 Å². The van der Waals surface area contributed by atoms with E-state index in [1.54, 1.807) is 6.92 Å². The van der Waals surface area contributed by atoms with E-state index in [-0.39, 0.29) is 6.61 Å². The third kappa shape index (κ3) is 10.3. The molecule has 0 aromatic rings. The van der Waals surface area contributed by atoms with Crippen LogP contribution < -0.4 is 0 Å². The van der Waals surface area contributed by atoms with Crippen molar-refractivity contribution in [1.82, 2.24) is 14.7 Å². The molecule has 0 spiro atoms. The molecule has 0 aliphatic rings. The minimum atomic E-state index is -4.01. The van der Waals surface area contributed by atoms with E-state index in [1.165, 1.54) is 0 Å². The Labute approximate surface area is 181 Å². The molecule has 0 radical (unpaired) electrons. The van der Waals surface area contributed by atoms with Gasteiger partial charge in [0.05, 0.1) is 13.2 Å². The lowest BCUT2D eigenvalue weighted by atomic mass is 10.1. The highest BCUT2D eigenvalue weighted by Crippen LogP contribution is 2.29. The van der Waals surface area contributed by atoms with Gasteiger partial charge in [-0.25, -0.2) is 4.18 Å². The molecular weight excluding hydrogens is 413 g/mol. The molecule has 0 saturated carbocycles. The third-order valence-corrected chi connectivity index (χ3v) is 6.97. The zero-order valence-electron chi connectivity index (χ0n) is 19.6. The summed E-state index contributed by atoms with van der Waals surface area (Å²) in [6.07, 6.45) is 6.57. The van der Waals surface area contributed by atoms with E-state index in [0.717, 1.165) is 58.2 Å². The van der Waals surface area contributed by atoms with Gasteiger partial charge in [0, 0.05) is 19.6 Å². The summed E-state index contributed by atoms with van der Waals surface area (Å²) in [5.41, 5.74) is 0. The summed E-state index contributed by atoms with van der Waals surface area (Å²) in [6, 6.07) is 0. The first-order valence-corrected chi connectivity index (χ1v) is 12.9. The van der Waals surface area contributed by atoms with Crippen LogP contribution in [0.5, 0.6) is 0 Å². The molecule has 0 N–H and O–H groups in total. The molecule has 0 fully saturated rings. The molecule has 0 bridgehead atoms. The number of likely N-dealkylation sites (N-methyl/N-ethyl adjacent to an activating group) is 3. The third-order valence-electron chi connectivity index (χ3n) is 5.10. The number of hydrogen-bond donors (Lipinski definition) is 0. The van der Waals surface area contributed by atoms with Crippen molar-refractivity contribution in [3.63, 3.8) is 0 Å². The van der Waals surface area contributed by atoms with E-state index in [0.29, 0.717) is 6.61 Å². The molecule has 0 amide bonds. The predicted molar refractivity (Wildman–Crippen MR) is 121 cm³/mol. The van der Waals surface area contributed by atoms with Crippen molar-refractivity contribution < 1.29 is 21.1 Å². The highest BCUT2D eigenvalue weighted by Gasteiger charge is 2.42. The van der Waals surface area contributed by atoms with Crippen molar-refractivity contribution >= 4 is 19.4 Å². The summed E-state index contributed by atoms with van der Waals surface area (Å²) < 4.78 is 38.5. The van der Waals surface area contributed by atoms with E-state index >= 15 is 0 Å². The molecule has 29 heavy (non-hydrogen) atoms. The Morgan fingerprint density at radius 2 is 1.21 bits per heavy atom. The zero-order chi connectivity index (χ0) is 22.3. The summed E-state index contributed by atoms with van der Waals surface area (Å²) >= 11 is 0. The highest BCUT2D eigenvalue weighted by atomic mass is 32.3.